The van der Waals surface area contributed by atoms with E-state index >= 15 is 0 Å². The summed E-state index contributed by atoms with van der Waals surface area (Å²) >= 11 is 0. The summed E-state index contributed by atoms with van der Waals surface area (Å²) in [7, 11) is 0. The van der Waals surface area contributed by atoms with Crippen molar-refractivity contribution < 1.29 is 5.11 Å². The molecule has 0 amide bonds. The van der Waals surface area contributed by atoms with Gasteiger partial charge in [0, 0.05) is 63.2 Å². The van der Waals surface area contributed by atoms with Gasteiger partial charge in [0.25, 0.3) is 0 Å². The Morgan fingerprint density at radius 2 is 2.00 bits per heavy atom. The summed E-state index contributed by atoms with van der Waals surface area (Å²) in [6.45, 7) is 9.99. The fourth-order valence-corrected chi connectivity index (χ4v) is 4.68. The molecule has 2 heterocycles. The third-order valence-electron chi connectivity index (χ3n) is 6.01. The Bertz CT molecular complexity index is 524. The first-order valence-electron chi connectivity index (χ1n) is 10.3. The standard InChI is InChI=1S/C20H36N4O/c1-3-10-23-15-18(17(2)21-23)14-22-11-12-24(20(16-22)9-13-25)19-7-5-4-6-8-19/h15,19-20,25H,3-14,16H2,1-2H3. The average Bonchev–Trinajstić information content (AvgIpc) is 2.96. The molecule has 0 radical (unpaired) electrons. The van der Waals surface area contributed by atoms with Gasteiger partial charge in [0.2, 0.25) is 0 Å². The first-order valence-corrected chi connectivity index (χ1v) is 10.3. The van der Waals surface area contributed by atoms with Gasteiger partial charge in [-0.2, -0.15) is 5.10 Å². The second-order valence-electron chi connectivity index (χ2n) is 7.93. The maximum atomic E-state index is 9.56. The van der Waals surface area contributed by atoms with Crippen LogP contribution in [0.2, 0.25) is 0 Å². The molecule has 1 N–H and O–H groups in total. The number of aryl methyl sites for hydroxylation is 2. The van der Waals surface area contributed by atoms with Crippen LogP contribution < -0.4 is 0 Å². The summed E-state index contributed by atoms with van der Waals surface area (Å²) in [6.07, 6.45) is 11.1. The minimum atomic E-state index is 0.301. The molecule has 1 aliphatic heterocycles. The van der Waals surface area contributed by atoms with Crippen molar-refractivity contribution in [2.45, 2.75) is 84.0 Å². The molecular weight excluding hydrogens is 312 g/mol. The van der Waals surface area contributed by atoms with E-state index in [2.05, 4.69) is 39.6 Å². The highest BCUT2D eigenvalue weighted by Crippen LogP contribution is 2.27. The normalized spacial score (nSPS) is 24.0. The minimum Gasteiger partial charge on any atom is -0.396 e. The van der Waals surface area contributed by atoms with Crippen molar-refractivity contribution >= 4 is 0 Å². The Kier molecular flexibility index (Phi) is 6.91. The van der Waals surface area contributed by atoms with Gasteiger partial charge in [-0.3, -0.25) is 14.5 Å². The number of aromatic nitrogens is 2. The van der Waals surface area contributed by atoms with Gasteiger partial charge in [-0.25, -0.2) is 0 Å². The zero-order chi connectivity index (χ0) is 17.6. The molecule has 1 aromatic rings. The maximum Gasteiger partial charge on any atom is 0.0638 e. The third-order valence-corrected chi connectivity index (χ3v) is 6.01. The lowest BCUT2D eigenvalue weighted by Gasteiger charge is -2.46. The number of aliphatic hydroxyl groups excluding tert-OH is 1. The van der Waals surface area contributed by atoms with E-state index in [0.717, 1.165) is 51.6 Å². The first-order chi connectivity index (χ1) is 12.2. The number of piperazine rings is 1. The molecule has 142 valence electrons. The van der Waals surface area contributed by atoms with Crippen LogP contribution in [0.5, 0.6) is 0 Å². The Morgan fingerprint density at radius 3 is 2.72 bits per heavy atom. The molecule has 5 nitrogen and oxygen atoms in total. The van der Waals surface area contributed by atoms with Crippen LogP contribution in [0.15, 0.2) is 6.20 Å². The van der Waals surface area contributed by atoms with Crippen molar-refractivity contribution in [2.24, 2.45) is 0 Å². The molecule has 2 fully saturated rings. The van der Waals surface area contributed by atoms with Crippen molar-refractivity contribution in [3.8, 4) is 0 Å². The highest BCUT2D eigenvalue weighted by molar-refractivity contribution is 5.15. The number of nitrogens with zero attached hydrogens (tertiary/aromatic N) is 4. The SMILES string of the molecule is CCCn1cc(CN2CCN(C3CCCCC3)C(CCO)C2)c(C)n1. The van der Waals surface area contributed by atoms with Crippen LogP contribution in [0.4, 0.5) is 0 Å². The molecule has 1 aromatic heterocycles. The lowest BCUT2D eigenvalue weighted by Crippen LogP contribution is -2.56. The molecule has 1 aliphatic carbocycles. The lowest BCUT2D eigenvalue weighted by atomic mass is 9.91. The second kappa shape index (κ2) is 9.15. The number of aliphatic hydroxyl groups is 1. The van der Waals surface area contributed by atoms with E-state index in [1.807, 2.05) is 0 Å². The molecule has 2 aliphatic rings. The summed E-state index contributed by atoms with van der Waals surface area (Å²) < 4.78 is 2.09. The maximum absolute atomic E-state index is 9.56. The molecule has 3 rings (SSSR count). The van der Waals surface area contributed by atoms with E-state index in [-0.39, 0.29) is 0 Å². The van der Waals surface area contributed by atoms with E-state index in [1.54, 1.807) is 0 Å². The smallest absolute Gasteiger partial charge is 0.0638 e. The Balaban J connectivity index is 1.61. The third kappa shape index (κ3) is 4.83. The average molecular weight is 349 g/mol. The van der Waals surface area contributed by atoms with Gasteiger partial charge >= 0.3 is 0 Å². The monoisotopic (exact) mass is 348 g/mol. The van der Waals surface area contributed by atoms with Crippen LogP contribution in [0.3, 0.4) is 0 Å². The van der Waals surface area contributed by atoms with Crippen LogP contribution in [-0.4, -0.2) is 63.0 Å². The number of rotatable bonds is 7. The molecular formula is C20H36N4O. The predicted octanol–water partition coefficient (Wildman–Crippen LogP) is 2.80. The van der Waals surface area contributed by atoms with Crippen LogP contribution in [0, 0.1) is 6.92 Å². The molecule has 1 saturated heterocycles. The van der Waals surface area contributed by atoms with Crippen molar-refractivity contribution in [2.75, 3.05) is 26.2 Å². The molecule has 0 aromatic carbocycles. The molecule has 1 atom stereocenters. The van der Waals surface area contributed by atoms with Gasteiger partial charge in [0.05, 0.1) is 5.69 Å². The van der Waals surface area contributed by atoms with Crippen molar-refractivity contribution in [3.05, 3.63) is 17.5 Å². The van der Waals surface area contributed by atoms with Crippen molar-refractivity contribution in [3.63, 3.8) is 0 Å². The van der Waals surface area contributed by atoms with E-state index in [0.29, 0.717) is 12.6 Å². The topological polar surface area (TPSA) is 44.5 Å². The molecule has 1 saturated carbocycles. The van der Waals surface area contributed by atoms with Crippen LogP contribution in [-0.2, 0) is 13.1 Å². The van der Waals surface area contributed by atoms with Crippen molar-refractivity contribution in [1.82, 2.24) is 19.6 Å². The van der Waals surface area contributed by atoms with Gasteiger partial charge in [-0.15, -0.1) is 0 Å². The Morgan fingerprint density at radius 1 is 1.20 bits per heavy atom. The zero-order valence-corrected chi connectivity index (χ0v) is 16.2. The van der Waals surface area contributed by atoms with Gasteiger partial charge in [0.1, 0.15) is 0 Å². The largest absolute Gasteiger partial charge is 0.396 e. The predicted molar refractivity (Wildman–Crippen MR) is 102 cm³/mol. The van der Waals surface area contributed by atoms with E-state index in [1.165, 1.54) is 43.4 Å². The molecule has 5 heteroatoms. The zero-order valence-electron chi connectivity index (χ0n) is 16.2. The Hall–Kier alpha value is -0.910. The van der Waals surface area contributed by atoms with Crippen LogP contribution in [0.1, 0.15) is 63.1 Å². The van der Waals surface area contributed by atoms with E-state index < -0.39 is 0 Å². The van der Waals surface area contributed by atoms with Gasteiger partial charge in [-0.05, 0) is 32.6 Å². The van der Waals surface area contributed by atoms with Gasteiger partial charge in [0.15, 0.2) is 0 Å². The number of hydrogen-bond acceptors (Lipinski definition) is 4. The molecule has 25 heavy (non-hydrogen) atoms. The highest BCUT2D eigenvalue weighted by Gasteiger charge is 2.32. The fraction of sp³-hybridized carbons (Fsp3) is 0.850. The van der Waals surface area contributed by atoms with Gasteiger partial charge < -0.3 is 5.11 Å². The summed E-state index contributed by atoms with van der Waals surface area (Å²) in [5.41, 5.74) is 2.53. The first kappa shape index (κ1) is 18.9. The Labute approximate surface area is 153 Å². The van der Waals surface area contributed by atoms with Crippen LogP contribution in [0.25, 0.3) is 0 Å². The number of hydrogen-bond donors (Lipinski definition) is 1. The second-order valence-corrected chi connectivity index (χ2v) is 7.93. The molecule has 0 spiro atoms. The van der Waals surface area contributed by atoms with E-state index in [9.17, 15) is 5.11 Å². The molecule has 0 bridgehead atoms. The summed E-state index contributed by atoms with van der Waals surface area (Å²) in [4.78, 5) is 5.29. The summed E-state index contributed by atoms with van der Waals surface area (Å²) in [6, 6.07) is 1.26. The van der Waals surface area contributed by atoms with E-state index in [4.69, 9.17) is 0 Å². The van der Waals surface area contributed by atoms with Crippen LogP contribution >= 0.6 is 0 Å². The summed E-state index contributed by atoms with van der Waals surface area (Å²) in [5, 5.41) is 14.2. The fourth-order valence-electron chi connectivity index (χ4n) is 4.68. The van der Waals surface area contributed by atoms with Gasteiger partial charge in [-0.1, -0.05) is 26.2 Å². The minimum absolute atomic E-state index is 0.301. The van der Waals surface area contributed by atoms with Crippen molar-refractivity contribution in [1.29, 1.82) is 0 Å². The quantitative estimate of drug-likeness (QED) is 0.823. The lowest BCUT2D eigenvalue weighted by molar-refractivity contribution is 0.0136. The highest BCUT2D eigenvalue weighted by atomic mass is 16.3. The summed E-state index contributed by atoms with van der Waals surface area (Å²) in [5.74, 6) is 0. The molecule has 1 unspecified atom stereocenters.